The maximum Gasteiger partial charge on any atom is 0.254 e. The summed E-state index contributed by atoms with van der Waals surface area (Å²) < 4.78 is 0. The van der Waals surface area contributed by atoms with Gasteiger partial charge in [-0.2, -0.15) is 0 Å². The molecular formula is C18H28N2O2. The van der Waals surface area contributed by atoms with E-state index in [0.29, 0.717) is 37.9 Å². The van der Waals surface area contributed by atoms with Crippen molar-refractivity contribution in [3.63, 3.8) is 0 Å². The maximum atomic E-state index is 12.7. The molecule has 1 aromatic carbocycles. The molecule has 1 aliphatic heterocycles. The molecule has 0 saturated carbocycles. The van der Waals surface area contributed by atoms with Gasteiger partial charge in [0.05, 0.1) is 6.10 Å². The van der Waals surface area contributed by atoms with Crippen LogP contribution >= 0.6 is 0 Å². The number of nitrogens with zero attached hydrogens (tertiary/aromatic N) is 1. The van der Waals surface area contributed by atoms with Crippen LogP contribution < -0.4 is 5.32 Å². The van der Waals surface area contributed by atoms with Crippen molar-refractivity contribution >= 4 is 11.6 Å². The van der Waals surface area contributed by atoms with Gasteiger partial charge in [0.2, 0.25) is 0 Å². The molecule has 0 radical (unpaired) electrons. The first-order valence-corrected chi connectivity index (χ1v) is 8.23. The third kappa shape index (κ3) is 3.80. The van der Waals surface area contributed by atoms with Crippen molar-refractivity contribution in [2.24, 2.45) is 5.92 Å². The molecule has 1 saturated heterocycles. The van der Waals surface area contributed by atoms with Crippen molar-refractivity contribution in [3.8, 4) is 0 Å². The van der Waals surface area contributed by atoms with Gasteiger partial charge in [-0.25, -0.2) is 0 Å². The zero-order chi connectivity index (χ0) is 16.3. The minimum atomic E-state index is -0.259. The van der Waals surface area contributed by atoms with Crippen LogP contribution in [-0.4, -0.2) is 41.1 Å². The molecule has 1 amide bonds. The molecular weight excluding hydrogens is 276 g/mol. The number of benzene rings is 1. The fourth-order valence-electron chi connectivity index (χ4n) is 2.67. The summed E-state index contributed by atoms with van der Waals surface area (Å²) in [7, 11) is 0. The molecule has 0 aliphatic carbocycles. The number of piperidine rings is 1. The number of hydrogen-bond acceptors (Lipinski definition) is 3. The molecule has 22 heavy (non-hydrogen) atoms. The number of aliphatic hydroxyl groups excluding tert-OH is 1. The molecule has 2 N–H and O–H groups in total. The maximum absolute atomic E-state index is 12.7. The second kappa shape index (κ2) is 7.14. The molecule has 1 atom stereocenters. The summed E-state index contributed by atoms with van der Waals surface area (Å²) in [6.45, 7) is 9.80. The van der Waals surface area contributed by atoms with Crippen LogP contribution in [0.3, 0.4) is 0 Å². The first-order valence-electron chi connectivity index (χ1n) is 8.23. The van der Waals surface area contributed by atoms with Crippen LogP contribution in [0.5, 0.6) is 0 Å². The minimum absolute atomic E-state index is 0.0743. The standard InChI is InChI=1S/C18H28N2O2/c1-12(2)14(4)19-17-7-5-6-16(13(17)3)18(22)20-10-8-15(21)9-11-20/h5-7,12,14-15,19,21H,8-11H2,1-4H3/t14-/m1/s1. The predicted molar refractivity (Wildman–Crippen MR) is 90.2 cm³/mol. The van der Waals surface area contributed by atoms with E-state index in [2.05, 4.69) is 26.1 Å². The lowest BCUT2D eigenvalue weighted by Crippen LogP contribution is -2.40. The summed E-state index contributed by atoms with van der Waals surface area (Å²) in [4.78, 5) is 14.6. The van der Waals surface area contributed by atoms with Crippen molar-refractivity contribution in [3.05, 3.63) is 29.3 Å². The van der Waals surface area contributed by atoms with Gasteiger partial charge in [-0.15, -0.1) is 0 Å². The predicted octanol–water partition coefficient (Wildman–Crippen LogP) is 3.05. The first kappa shape index (κ1) is 16.8. The van der Waals surface area contributed by atoms with Gasteiger partial charge in [0.25, 0.3) is 5.91 Å². The van der Waals surface area contributed by atoms with Crippen LogP contribution in [0.15, 0.2) is 18.2 Å². The van der Waals surface area contributed by atoms with Gasteiger partial charge in [0.1, 0.15) is 0 Å². The van der Waals surface area contributed by atoms with Crippen LogP contribution in [0.2, 0.25) is 0 Å². The van der Waals surface area contributed by atoms with Crippen molar-refractivity contribution in [2.75, 3.05) is 18.4 Å². The average Bonchev–Trinajstić information content (AvgIpc) is 2.49. The van der Waals surface area contributed by atoms with E-state index in [0.717, 1.165) is 16.8 Å². The van der Waals surface area contributed by atoms with E-state index >= 15 is 0 Å². The third-order valence-corrected chi connectivity index (χ3v) is 4.70. The van der Waals surface area contributed by atoms with Gasteiger partial charge in [-0.3, -0.25) is 4.79 Å². The summed E-state index contributed by atoms with van der Waals surface area (Å²) in [5, 5.41) is 13.1. The number of carbonyl (C=O) groups is 1. The Morgan fingerprint density at radius 2 is 1.91 bits per heavy atom. The van der Waals surface area contributed by atoms with Gasteiger partial charge < -0.3 is 15.3 Å². The molecule has 1 fully saturated rings. The quantitative estimate of drug-likeness (QED) is 0.899. The van der Waals surface area contributed by atoms with E-state index in [1.165, 1.54) is 0 Å². The number of likely N-dealkylation sites (tertiary alicyclic amines) is 1. The average molecular weight is 304 g/mol. The van der Waals surface area contributed by atoms with Crippen molar-refractivity contribution in [1.82, 2.24) is 4.90 Å². The number of nitrogens with one attached hydrogen (secondary N) is 1. The number of carbonyl (C=O) groups excluding carboxylic acids is 1. The van der Waals surface area contributed by atoms with Gasteiger partial charge >= 0.3 is 0 Å². The van der Waals surface area contributed by atoms with Crippen molar-refractivity contribution < 1.29 is 9.90 Å². The number of aliphatic hydroxyl groups is 1. The number of rotatable bonds is 4. The lowest BCUT2D eigenvalue weighted by molar-refractivity contribution is 0.0546. The normalized spacial score (nSPS) is 17.6. The molecule has 2 rings (SSSR count). The summed E-state index contributed by atoms with van der Waals surface area (Å²) in [6, 6.07) is 6.22. The second-order valence-electron chi connectivity index (χ2n) is 6.68. The molecule has 0 aromatic heterocycles. The summed E-state index contributed by atoms with van der Waals surface area (Å²) in [5.41, 5.74) is 2.80. The van der Waals surface area contributed by atoms with Gasteiger partial charge in [-0.05, 0) is 50.3 Å². The Bertz CT molecular complexity index is 520. The summed E-state index contributed by atoms with van der Waals surface area (Å²) in [5.74, 6) is 0.604. The van der Waals surface area contributed by atoms with E-state index in [1.807, 2.05) is 30.0 Å². The molecule has 1 heterocycles. The smallest absolute Gasteiger partial charge is 0.254 e. The molecule has 4 nitrogen and oxygen atoms in total. The van der Waals surface area contributed by atoms with Gasteiger partial charge in [0, 0.05) is 30.4 Å². The van der Waals surface area contributed by atoms with Crippen LogP contribution in [0.1, 0.15) is 49.5 Å². The Morgan fingerprint density at radius 1 is 1.27 bits per heavy atom. The van der Waals surface area contributed by atoms with E-state index in [-0.39, 0.29) is 12.0 Å². The number of hydrogen-bond donors (Lipinski definition) is 2. The van der Waals surface area contributed by atoms with Crippen LogP contribution in [0, 0.1) is 12.8 Å². The summed E-state index contributed by atoms with van der Waals surface area (Å²) in [6.07, 6.45) is 1.09. The SMILES string of the molecule is Cc1c(N[C@H](C)C(C)C)cccc1C(=O)N1CCC(O)CC1. The number of anilines is 1. The highest BCUT2D eigenvalue weighted by Gasteiger charge is 2.24. The van der Waals surface area contributed by atoms with Gasteiger partial charge in [0.15, 0.2) is 0 Å². The summed E-state index contributed by atoms with van der Waals surface area (Å²) >= 11 is 0. The fourth-order valence-corrected chi connectivity index (χ4v) is 2.67. The second-order valence-corrected chi connectivity index (χ2v) is 6.68. The minimum Gasteiger partial charge on any atom is -0.393 e. The highest BCUT2D eigenvalue weighted by Crippen LogP contribution is 2.23. The van der Waals surface area contributed by atoms with E-state index in [9.17, 15) is 9.90 Å². The van der Waals surface area contributed by atoms with Gasteiger partial charge in [-0.1, -0.05) is 19.9 Å². The first-order chi connectivity index (χ1) is 10.4. The van der Waals surface area contributed by atoms with Crippen molar-refractivity contribution in [2.45, 2.75) is 52.7 Å². The Kier molecular flexibility index (Phi) is 5.46. The molecule has 0 spiro atoms. The third-order valence-electron chi connectivity index (χ3n) is 4.70. The zero-order valence-electron chi connectivity index (χ0n) is 14.1. The molecule has 122 valence electrons. The zero-order valence-corrected chi connectivity index (χ0v) is 14.1. The van der Waals surface area contributed by atoms with E-state index in [4.69, 9.17) is 0 Å². The lowest BCUT2D eigenvalue weighted by Gasteiger charge is -2.30. The van der Waals surface area contributed by atoms with Crippen LogP contribution in [0.4, 0.5) is 5.69 Å². The van der Waals surface area contributed by atoms with E-state index < -0.39 is 0 Å². The molecule has 0 bridgehead atoms. The Balaban J connectivity index is 2.16. The molecule has 1 aromatic rings. The Hall–Kier alpha value is -1.55. The monoisotopic (exact) mass is 304 g/mol. The van der Waals surface area contributed by atoms with E-state index in [1.54, 1.807) is 0 Å². The largest absolute Gasteiger partial charge is 0.393 e. The lowest BCUT2D eigenvalue weighted by atomic mass is 10.0. The van der Waals surface area contributed by atoms with Crippen LogP contribution in [0.25, 0.3) is 0 Å². The topological polar surface area (TPSA) is 52.6 Å². The Labute approximate surface area is 133 Å². The fraction of sp³-hybridized carbons (Fsp3) is 0.611. The molecule has 4 heteroatoms. The molecule has 0 unspecified atom stereocenters. The number of amides is 1. The Morgan fingerprint density at radius 3 is 2.50 bits per heavy atom. The van der Waals surface area contributed by atoms with Crippen LogP contribution in [-0.2, 0) is 0 Å². The van der Waals surface area contributed by atoms with Crippen molar-refractivity contribution in [1.29, 1.82) is 0 Å². The highest BCUT2D eigenvalue weighted by molar-refractivity contribution is 5.97. The molecule has 1 aliphatic rings. The highest BCUT2D eigenvalue weighted by atomic mass is 16.3.